The molecule has 1 aliphatic carbocycles. The maximum absolute atomic E-state index is 12.9. The minimum atomic E-state index is 0.124. The van der Waals surface area contributed by atoms with Crippen LogP contribution in [0, 0.1) is 10.8 Å². The fraction of sp³-hybridized carbons (Fsp3) is 0.500. The van der Waals surface area contributed by atoms with Gasteiger partial charge in [-0.3, -0.25) is 4.79 Å². The number of carbonyl (C=O) groups is 1. The van der Waals surface area contributed by atoms with Crippen molar-refractivity contribution in [2.24, 2.45) is 10.8 Å². The molecule has 0 aromatic heterocycles. The third-order valence-corrected chi connectivity index (χ3v) is 5.84. The molecule has 0 N–H and O–H groups in total. The van der Waals surface area contributed by atoms with Gasteiger partial charge in [-0.2, -0.15) is 0 Å². The summed E-state index contributed by atoms with van der Waals surface area (Å²) in [4.78, 5) is 14.9. The Morgan fingerprint density at radius 2 is 1.88 bits per heavy atom. The molecule has 25 heavy (non-hydrogen) atoms. The van der Waals surface area contributed by atoms with Crippen LogP contribution >= 0.6 is 0 Å². The molecule has 0 radical (unpaired) electrons. The number of hydrogen-bond acceptors (Lipinski definition) is 2. The summed E-state index contributed by atoms with van der Waals surface area (Å²) < 4.78 is 5.94. The molecule has 2 aromatic carbocycles. The van der Waals surface area contributed by atoms with Crippen molar-refractivity contribution in [1.29, 1.82) is 0 Å². The van der Waals surface area contributed by atoms with Gasteiger partial charge < -0.3 is 9.64 Å². The molecular formula is C22H27NO2. The quantitative estimate of drug-likeness (QED) is 0.816. The first kappa shape index (κ1) is 16.4. The maximum Gasteiger partial charge on any atom is 0.260 e. The molecule has 0 spiro atoms. The van der Waals surface area contributed by atoms with Gasteiger partial charge >= 0.3 is 0 Å². The average Bonchev–Trinajstić information content (AvgIpc) is 2.81. The normalized spacial score (nSPS) is 27.5. The molecule has 2 atom stereocenters. The second kappa shape index (κ2) is 5.76. The van der Waals surface area contributed by atoms with Gasteiger partial charge in [-0.25, -0.2) is 0 Å². The summed E-state index contributed by atoms with van der Waals surface area (Å²) in [6, 6.07) is 14.5. The molecule has 1 amide bonds. The Morgan fingerprint density at radius 3 is 2.72 bits per heavy atom. The first-order valence-corrected chi connectivity index (χ1v) is 9.25. The molecular weight excluding hydrogens is 310 g/mol. The SMILES string of the molecule is CC1(C)C[C@H]2C[C@@](C)(CN2C(=O)COc2cccc3ccccc23)C1. The molecule has 0 unspecified atom stereocenters. The zero-order chi connectivity index (χ0) is 17.7. The van der Waals surface area contributed by atoms with Crippen LogP contribution < -0.4 is 4.74 Å². The van der Waals surface area contributed by atoms with Gasteiger partial charge in [0.25, 0.3) is 5.91 Å². The second-order valence-corrected chi connectivity index (χ2v) is 9.00. The lowest BCUT2D eigenvalue weighted by Crippen LogP contribution is -2.40. The van der Waals surface area contributed by atoms with Crippen molar-refractivity contribution in [3.8, 4) is 5.75 Å². The largest absolute Gasteiger partial charge is 0.483 e. The molecule has 2 aliphatic rings. The Balaban J connectivity index is 1.48. The fourth-order valence-corrected chi connectivity index (χ4v) is 5.30. The van der Waals surface area contributed by atoms with Gasteiger partial charge in [-0.15, -0.1) is 0 Å². The van der Waals surface area contributed by atoms with Crippen molar-refractivity contribution < 1.29 is 9.53 Å². The Labute approximate surface area is 150 Å². The van der Waals surface area contributed by atoms with E-state index in [0.29, 0.717) is 11.5 Å². The first-order chi connectivity index (χ1) is 11.9. The zero-order valence-corrected chi connectivity index (χ0v) is 15.4. The first-order valence-electron chi connectivity index (χ1n) is 9.25. The monoisotopic (exact) mass is 337 g/mol. The molecule has 2 fully saturated rings. The maximum atomic E-state index is 12.9. The summed E-state index contributed by atoms with van der Waals surface area (Å²) in [6.45, 7) is 8.00. The Kier molecular flexibility index (Phi) is 3.78. The van der Waals surface area contributed by atoms with Gasteiger partial charge in [0.1, 0.15) is 5.75 Å². The zero-order valence-electron chi connectivity index (χ0n) is 15.4. The summed E-state index contributed by atoms with van der Waals surface area (Å²) in [7, 11) is 0. The Hall–Kier alpha value is -2.03. The van der Waals surface area contributed by atoms with Gasteiger partial charge in [0, 0.05) is 18.0 Å². The Morgan fingerprint density at radius 1 is 1.12 bits per heavy atom. The van der Waals surface area contributed by atoms with E-state index in [2.05, 4.69) is 37.8 Å². The molecule has 1 saturated heterocycles. The number of likely N-dealkylation sites (tertiary alicyclic amines) is 1. The lowest BCUT2D eigenvalue weighted by Gasteiger charge is -2.39. The minimum Gasteiger partial charge on any atom is -0.483 e. The van der Waals surface area contributed by atoms with Crippen LogP contribution in [-0.2, 0) is 4.79 Å². The smallest absolute Gasteiger partial charge is 0.260 e. The van der Waals surface area contributed by atoms with Gasteiger partial charge in [-0.05, 0) is 41.5 Å². The van der Waals surface area contributed by atoms with Crippen LogP contribution in [0.25, 0.3) is 10.8 Å². The topological polar surface area (TPSA) is 29.5 Å². The van der Waals surface area contributed by atoms with Crippen molar-refractivity contribution in [1.82, 2.24) is 4.90 Å². The number of rotatable bonds is 3. The third kappa shape index (κ3) is 3.12. The summed E-state index contributed by atoms with van der Waals surface area (Å²) in [6.07, 6.45) is 3.43. The van der Waals surface area contributed by atoms with Crippen LogP contribution in [0.4, 0.5) is 0 Å². The van der Waals surface area contributed by atoms with Gasteiger partial charge in [0.2, 0.25) is 0 Å². The summed E-state index contributed by atoms with van der Waals surface area (Å²) >= 11 is 0. The number of fused-ring (bicyclic) bond motifs is 3. The highest BCUT2D eigenvalue weighted by atomic mass is 16.5. The number of nitrogens with zero attached hydrogens (tertiary/aromatic N) is 1. The van der Waals surface area contributed by atoms with E-state index >= 15 is 0 Å². The van der Waals surface area contributed by atoms with E-state index in [0.717, 1.165) is 35.9 Å². The average molecular weight is 337 g/mol. The lowest BCUT2D eigenvalue weighted by atomic mass is 9.65. The number of hydrogen-bond donors (Lipinski definition) is 0. The highest BCUT2D eigenvalue weighted by molar-refractivity contribution is 5.88. The molecule has 3 nitrogen and oxygen atoms in total. The third-order valence-electron chi connectivity index (χ3n) is 5.84. The van der Waals surface area contributed by atoms with Crippen molar-refractivity contribution in [3.05, 3.63) is 42.5 Å². The minimum absolute atomic E-state index is 0.124. The highest BCUT2D eigenvalue weighted by Crippen LogP contribution is 2.52. The van der Waals surface area contributed by atoms with Crippen LogP contribution in [0.1, 0.15) is 40.0 Å². The van der Waals surface area contributed by atoms with Gasteiger partial charge in [-0.1, -0.05) is 57.2 Å². The van der Waals surface area contributed by atoms with Crippen LogP contribution in [0.5, 0.6) is 5.75 Å². The summed E-state index contributed by atoms with van der Waals surface area (Å²) in [5.74, 6) is 0.916. The van der Waals surface area contributed by atoms with Crippen LogP contribution in [0.15, 0.2) is 42.5 Å². The second-order valence-electron chi connectivity index (χ2n) is 9.00. The standard InChI is InChI=1S/C22H27NO2/c1-21(2)11-17-12-22(3,14-21)15-23(17)20(24)13-25-19-10-6-8-16-7-4-5-9-18(16)19/h4-10,17H,11-15H2,1-3H3/t17-,22+/m0/s1. The van der Waals surface area contributed by atoms with E-state index in [1.807, 2.05) is 30.3 Å². The summed E-state index contributed by atoms with van der Waals surface area (Å²) in [5, 5.41) is 2.20. The van der Waals surface area contributed by atoms with Crippen molar-refractivity contribution in [2.45, 2.75) is 46.1 Å². The van der Waals surface area contributed by atoms with E-state index in [1.54, 1.807) is 0 Å². The molecule has 4 rings (SSSR count). The number of ether oxygens (including phenoxy) is 1. The van der Waals surface area contributed by atoms with E-state index < -0.39 is 0 Å². The van der Waals surface area contributed by atoms with Crippen LogP contribution in [-0.4, -0.2) is 30.0 Å². The van der Waals surface area contributed by atoms with Crippen LogP contribution in [0.2, 0.25) is 0 Å². The predicted octanol–water partition coefficient (Wildman–Crippen LogP) is 4.65. The molecule has 2 aromatic rings. The molecule has 132 valence electrons. The van der Waals surface area contributed by atoms with E-state index in [4.69, 9.17) is 4.74 Å². The van der Waals surface area contributed by atoms with Gasteiger partial charge in [0.05, 0.1) is 0 Å². The lowest BCUT2D eigenvalue weighted by molar-refractivity contribution is -0.134. The van der Waals surface area contributed by atoms with E-state index in [1.165, 1.54) is 6.42 Å². The summed E-state index contributed by atoms with van der Waals surface area (Å²) in [5.41, 5.74) is 0.588. The number of amides is 1. The Bertz CT molecular complexity index is 807. The molecule has 1 heterocycles. The highest BCUT2D eigenvalue weighted by Gasteiger charge is 2.50. The molecule has 1 aliphatic heterocycles. The van der Waals surface area contributed by atoms with Gasteiger partial charge in [0.15, 0.2) is 6.61 Å². The van der Waals surface area contributed by atoms with Crippen molar-refractivity contribution >= 4 is 16.7 Å². The molecule has 3 heteroatoms. The van der Waals surface area contributed by atoms with E-state index in [9.17, 15) is 4.79 Å². The van der Waals surface area contributed by atoms with E-state index in [-0.39, 0.29) is 17.9 Å². The van der Waals surface area contributed by atoms with Crippen LogP contribution in [0.3, 0.4) is 0 Å². The van der Waals surface area contributed by atoms with Crippen molar-refractivity contribution in [2.75, 3.05) is 13.2 Å². The fourth-order valence-electron chi connectivity index (χ4n) is 5.30. The van der Waals surface area contributed by atoms with Crippen molar-refractivity contribution in [3.63, 3.8) is 0 Å². The number of carbonyl (C=O) groups excluding carboxylic acids is 1. The number of benzene rings is 2. The molecule has 1 saturated carbocycles. The predicted molar refractivity (Wildman–Crippen MR) is 101 cm³/mol. The molecule has 2 bridgehead atoms.